The van der Waals surface area contributed by atoms with E-state index < -0.39 is 0 Å². The monoisotopic (exact) mass is 369 g/mol. The number of hydrogen-bond acceptors (Lipinski definition) is 2. The van der Waals surface area contributed by atoms with Gasteiger partial charge in [0.2, 0.25) is 0 Å². The number of hydrogen-bond donors (Lipinski definition) is 1. The van der Waals surface area contributed by atoms with Gasteiger partial charge in [-0.3, -0.25) is 0 Å². The Morgan fingerprint density at radius 2 is 2.11 bits per heavy atom. The highest BCUT2D eigenvalue weighted by molar-refractivity contribution is 14.1. The summed E-state index contributed by atoms with van der Waals surface area (Å²) in [7, 11) is 0. The third-order valence-electron chi connectivity index (χ3n) is 3.17. The van der Waals surface area contributed by atoms with E-state index in [2.05, 4.69) is 40.0 Å². The molecule has 0 aromatic heterocycles. The minimum absolute atomic E-state index is 0.204. The first-order valence-corrected chi connectivity index (χ1v) is 7.24. The molecule has 1 aliphatic rings. The smallest absolute Gasteiger partial charge is 0.124 e. The lowest BCUT2D eigenvalue weighted by Crippen LogP contribution is -2.01. The Morgan fingerprint density at radius 1 is 1.21 bits per heavy atom. The average molecular weight is 369 g/mol. The normalized spacial score (nSPS) is 12.9. The fourth-order valence-electron chi connectivity index (χ4n) is 2.18. The third-order valence-corrected chi connectivity index (χ3v) is 4.06. The summed E-state index contributed by atoms with van der Waals surface area (Å²) in [6.07, 6.45) is 0.983. The largest absolute Gasteiger partial charge is 0.493 e. The number of anilines is 1. The Kier molecular flexibility index (Phi) is 3.59. The molecule has 0 atom stereocenters. The molecule has 0 saturated heterocycles. The summed E-state index contributed by atoms with van der Waals surface area (Å²) in [5.41, 5.74) is 3.44. The van der Waals surface area contributed by atoms with Crippen molar-refractivity contribution >= 4 is 28.3 Å². The van der Waals surface area contributed by atoms with Gasteiger partial charge in [-0.25, -0.2) is 4.39 Å². The first-order valence-electron chi connectivity index (χ1n) is 6.16. The van der Waals surface area contributed by atoms with E-state index in [-0.39, 0.29) is 5.82 Å². The Balaban J connectivity index is 1.72. The molecule has 0 fully saturated rings. The molecule has 1 N–H and O–H groups in total. The van der Waals surface area contributed by atoms with Gasteiger partial charge in [0, 0.05) is 22.2 Å². The topological polar surface area (TPSA) is 21.3 Å². The lowest BCUT2D eigenvalue weighted by atomic mass is 10.1. The third kappa shape index (κ3) is 2.83. The molecule has 0 saturated carbocycles. The van der Waals surface area contributed by atoms with Crippen LogP contribution in [-0.2, 0) is 13.0 Å². The van der Waals surface area contributed by atoms with E-state index in [0.717, 1.165) is 34.6 Å². The molecular weight excluding hydrogens is 356 g/mol. The SMILES string of the molecule is Fc1ccc(NCc2ccc3c(c2)CCO3)c(I)c1. The van der Waals surface area contributed by atoms with Crippen LogP contribution in [0.2, 0.25) is 0 Å². The van der Waals surface area contributed by atoms with Crippen LogP contribution in [0, 0.1) is 9.39 Å². The lowest BCUT2D eigenvalue weighted by molar-refractivity contribution is 0.357. The average Bonchev–Trinajstić information content (AvgIpc) is 2.85. The first kappa shape index (κ1) is 12.7. The maximum absolute atomic E-state index is 13.0. The number of fused-ring (bicyclic) bond motifs is 1. The number of ether oxygens (including phenoxy) is 1. The van der Waals surface area contributed by atoms with E-state index >= 15 is 0 Å². The highest BCUT2D eigenvalue weighted by Gasteiger charge is 2.11. The highest BCUT2D eigenvalue weighted by atomic mass is 127. The van der Waals surface area contributed by atoms with Crippen molar-refractivity contribution in [3.05, 3.63) is 56.9 Å². The zero-order valence-electron chi connectivity index (χ0n) is 10.2. The molecule has 19 heavy (non-hydrogen) atoms. The molecular formula is C15H13FINO. The van der Waals surface area contributed by atoms with Crippen LogP contribution in [0.1, 0.15) is 11.1 Å². The minimum atomic E-state index is -0.204. The van der Waals surface area contributed by atoms with Crippen LogP contribution in [0.15, 0.2) is 36.4 Å². The Labute approximate surface area is 125 Å². The van der Waals surface area contributed by atoms with Gasteiger partial charge in [0.05, 0.1) is 6.61 Å². The van der Waals surface area contributed by atoms with Gasteiger partial charge in [-0.05, 0) is 58.0 Å². The highest BCUT2D eigenvalue weighted by Crippen LogP contribution is 2.26. The number of rotatable bonds is 3. The van der Waals surface area contributed by atoms with Gasteiger partial charge in [-0.2, -0.15) is 0 Å². The summed E-state index contributed by atoms with van der Waals surface area (Å²) in [6.45, 7) is 1.51. The minimum Gasteiger partial charge on any atom is -0.493 e. The van der Waals surface area contributed by atoms with Gasteiger partial charge in [0.25, 0.3) is 0 Å². The fraction of sp³-hybridized carbons (Fsp3) is 0.200. The Morgan fingerprint density at radius 3 is 2.95 bits per heavy atom. The zero-order valence-corrected chi connectivity index (χ0v) is 12.4. The summed E-state index contributed by atoms with van der Waals surface area (Å²) in [6, 6.07) is 11.0. The van der Waals surface area contributed by atoms with Crippen molar-refractivity contribution < 1.29 is 9.13 Å². The van der Waals surface area contributed by atoms with Crippen molar-refractivity contribution in [3.63, 3.8) is 0 Å². The number of halogens is 2. The maximum atomic E-state index is 13.0. The summed E-state index contributed by atoms with van der Waals surface area (Å²) in [4.78, 5) is 0. The molecule has 1 heterocycles. The van der Waals surface area contributed by atoms with Crippen molar-refractivity contribution in [2.45, 2.75) is 13.0 Å². The van der Waals surface area contributed by atoms with Crippen molar-refractivity contribution in [3.8, 4) is 5.75 Å². The summed E-state index contributed by atoms with van der Waals surface area (Å²) in [5, 5.41) is 3.33. The molecule has 2 nitrogen and oxygen atoms in total. The van der Waals surface area contributed by atoms with Gasteiger partial charge in [0.15, 0.2) is 0 Å². The van der Waals surface area contributed by atoms with Crippen LogP contribution < -0.4 is 10.1 Å². The molecule has 1 aliphatic heterocycles. The van der Waals surface area contributed by atoms with Gasteiger partial charge in [-0.1, -0.05) is 12.1 Å². The van der Waals surface area contributed by atoms with Gasteiger partial charge >= 0.3 is 0 Å². The van der Waals surface area contributed by atoms with Gasteiger partial charge in [-0.15, -0.1) is 0 Å². The summed E-state index contributed by atoms with van der Waals surface area (Å²) in [5.74, 6) is 0.796. The fourth-order valence-corrected chi connectivity index (χ4v) is 2.85. The van der Waals surface area contributed by atoms with Crippen LogP contribution in [0.5, 0.6) is 5.75 Å². The van der Waals surface area contributed by atoms with E-state index in [1.54, 1.807) is 6.07 Å². The lowest BCUT2D eigenvalue weighted by Gasteiger charge is -2.09. The van der Waals surface area contributed by atoms with E-state index in [4.69, 9.17) is 4.74 Å². The van der Waals surface area contributed by atoms with Gasteiger partial charge < -0.3 is 10.1 Å². The van der Waals surface area contributed by atoms with Crippen LogP contribution in [-0.4, -0.2) is 6.61 Å². The molecule has 98 valence electrons. The van der Waals surface area contributed by atoms with Crippen LogP contribution in [0.25, 0.3) is 0 Å². The van der Waals surface area contributed by atoms with Crippen LogP contribution in [0.3, 0.4) is 0 Å². The molecule has 0 radical (unpaired) electrons. The second-order valence-corrected chi connectivity index (χ2v) is 5.68. The summed E-state index contributed by atoms with van der Waals surface area (Å²) >= 11 is 2.14. The van der Waals surface area contributed by atoms with Crippen molar-refractivity contribution in [2.24, 2.45) is 0 Å². The summed E-state index contributed by atoms with van der Waals surface area (Å²) < 4.78 is 19.4. The number of nitrogens with one attached hydrogen (secondary N) is 1. The van der Waals surface area contributed by atoms with Crippen molar-refractivity contribution in [1.82, 2.24) is 0 Å². The Bertz CT molecular complexity index is 615. The standard InChI is InChI=1S/C15H13FINO/c16-12-2-3-14(13(17)8-12)18-9-10-1-4-15-11(7-10)5-6-19-15/h1-4,7-8,18H,5-6,9H2. The van der Waals surface area contributed by atoms with E-state index in [1.807, 2.05) is 6.07 Å². The zero-order chi connectivity index (χ0) is 13.2. The van der Waals surface area contributed by atoms with Crippen molar-refractivity contribution in [2.75, 3.05) is 11.9 Å². The first-order chi connectivity index (χ1) is 9.22. The van der Waals surface area contributed by atoms with Crippen LogP contribution >= 0.6 is 22.6 Å². The Hall–Kier alpha value is -1.30. The predicted molar refractivity (Wildman–Crippen MR) is 82.1 cm³/mol. The predicted octanol–water partition coefficient (Wildman–Crippen LogP) is 3.98. The molecule has 2 aromatic carbocycles. The second kappa shape index (κ2) is 5.36. The molecule has 0 amide bonds. The van der Waals surface area contributed by atoms with Gasteiger partial charge in [0.1, 0.15) is 11.6 Å². The van der Waals surface area contributed by atoms with Crippen molar-refractivity contribution in [1.29, 1.82) is 0 Å². The molecule has 0 aliphatic carbocycles. The molecule has 4 heteroatoms. The molecule has 0 spiro atoms. The van der Waals surface area contributed by atoms with E-state index in [0.29, 0.717) is 0 Å². The van der Waals surface area contributed by atoms with E-state index in [1.165, 1.54) is 23.3 Å². The molecule has 2 aromatic rings. The number of benzene rings is 2. The van der Waals surface area contributed by atoms with E-state index in [9.17, 15) is 4.39 Å². The molecule has 3 rings (SSSR count). The molecule has 0 unspecified atom stereocenters. The second-order valence-electron chi connectivity index (χ2n) is 4.52. The quantitative estimate of drug-likeness (QED) is 0.827. The maximum Gasteiger partial charge on any atom is 0.124 e. The van der Waals surface area contributed by atoms with Crippen LogP contribution in [0.4, 0.5) is 10.1 Å². The molecule has 0 bridgehead atoms.